The van der Waals surface area contributed by atoms with E-state index in [2.05, 4.69) is 0 Å². The molecule has 0 amide bonds. The Morgan fingerprint density at radius 3 is 0.600 bits per heavy atom. The van der Waals surface area contributed by atoms with Crippen LogP contribution in [0.25, 0.3) is 0 Å². The van der Waals surface area contributed by atoms with E-state index in [1.54, 1.807) is 0 Å². The van der Waals surface area contributed by atoms with Gasteiger partial charge >= 0.3 is 19.5 Å². The number of rotatable bonds is 0. The predicted octanol–water partition coefficient (Wildman–Crippen LogP) is -8.93. The molecule has 0 bridgehead atoms. The van der Waals surface area contributed by atoms with Gasteiger partial charge in [-0.2, -0.15) is 9.90 Å². The Labute approximate surface area is 66.5 Å². The van der Waals surface area contributed by atoms with Gasteiger partial charge in [0.1, 0.15) is 0 Å². The van der Waals surface area contributed by atoms with Crippen molar-refractivity contribution in [3.05, 3.63) is 0 Å². The Hall–Kier alpha value is 1.92. The molecule has 0 radical (unpaired) electrons. The molecule has 1 atom stereocenters. The Kier molecular flexibility index (Phi) is 510. The van der Waals surface area contributed by atoms with E-state index in [9.17, 15) is 0 Å². The third kappa shape index (κ3) is 24.6. The molecular formula is H3Cl3PRh. The fraction of sp³-hybridized carbons (Fsp3) is 0. The normalized spacial score (nSPS) is 0. The molecule has 0 aliphatic carbocycles. The summed E-state index contributed by atoms with van der Waals surface area (Å²) in [5.41, 5.74) is 0. The minimum atomic E-state index is 0. The molecular weight excluding hydrogens is 240 g/mol. The van der Waals surface area contributed by atoms with E-state index in [0.717, 1.165) is 0 Å². The maximum Gasteiger partial charge on any atom is 3.00 e. The van der Waals surface area contributed by atoms with E-state index in [1.165, 1.54) is 0 Å². The van der Waals surface area contributed by atoms with Crippen LogP contribution in [0.1, 0.15) is 0 Å². The van der Waals surface area contributed by atoms with Crippen LogP contribution in [0, 0.1) is 0 Å². The predicted molar refractivity (Wildman–Crippen MR) is 11.1 cm³/mol. The van der Waals surface area contributed by atoms with Gasteiger partial charge in [0.15, 0.2) is 0 Å². The van der Waals surface area contributed by atoms with Crippen LogP contribution in [0.2, 0.25) is 0 Å². The maximum atomic E-state index is 0. The summed E-state index contributed by atoms with van der Waals surface area (Å²) < 4.78 is 0. The first-order chi connectivity index (χ1) is 0. The van der Waals surface area contributed by atoms with Gasteiger partial charge < -0.3 is 37.2 Å². The summed E-state index contributed by atoms with van der Waals surface area (Å²) in [5, 5.41) is 0. The van der Waals surface area contributed by atoms with Crippen molar-refractivity contribution in [2.24, 2.45) is 0 Å². The van der Waals surface area contributed by atoms with Crippen LogP contribution in [0.15, 0.2) is 0 Å². The molecule has 0 heterocycles. The van der Waals surface area contributed by atoms with E-state index in [1.807, 2.05) is 0 Å². The zero-order valence-electron chi connectivity index (χ0n) is 2.17. The molecule has 0 aromatic carbocycles. The molecule has 0 rings (SSSR count). The van der Waals surface area contributed by atoms with Crippen molar-refractivity contribution >= 4 is 9.90 Å². The standard InChI is InChI=1S/3ClH.H3P.Rh/h3*1H;1H3;/q;;;;+3/p-3. The van der Waals surface area contributed by atoms with Crippen molar-refractivity contribution in [1.82, 2.24) is 0 Å². The second kappa shape index (κ2) is 38.8. The van der Waals surface area contributed by atoms with Crippen molar-refractivity contribution in [3.63, 3.8) is 0 Å². The fourth-order valence-electron chi connectivity index (χ4n) is 0. The van der Waals surface area contributed by atoms with Gasteiger partial charge in [0.2, 0.25) is 0 Å². The molecule has 5 heteroatoms. The molecule has 0 aliphatic heterocycles. The molecule has 0 aromatic rings. The first-order valence-electron chi connectivity index (χ1n) is 0. The summed E-state index contributed by atoms with van der Waals surface area (Å²) in [6, 6.07) is 0. The van der Waals surface area contributed by atoms with E-state index < -0.39 is 0 Å². The van der Waals surface area contributed by atoms with Gasteiger partial charge in [0.05, 0.1) is 0 Å². The minimum Gasteiger partial charge on any atom is -1.00 e. The van der Waals surface area contributed by atoms with E-state index in [0.29, 0.717) is 0 Å². The third-order valence-corrected chi connectivity index (χ3v) is 0. The Bertz CT molecular complexity index is 6.85. The number of halogens is 3. The zero-order valence-corrected chi connectivity index (χ0v) is 7.50. The van der Waals surface area contributed by atoms with Crippen molar-refractivity contribution < 1.29 is 56.7 Å². The first-order valence-corrected chi connectivity index (χ1v) is 0. The van der Waals surface area contributed by atoms with Crippen LogP contribution < -0.4 is 37.2 Å². The molecule has 1 unspecified atom stereocenters. The van der Waals surface area contributed by atoms with Crippen LogP contribution in [-0.4, -0.2) is 0 Å². The monoisotopic (exact) mass is 242 g/mol. The summed E-state index contributed by atoms with van der Waals surface area (Å²) >= 11 is 0. The average Bonchev–Trinajstić information content (AvgIpc) is 0. The molecule has 5 heavy (non-hydrogen) atoms. The van der Waals surface area contributed by atoms with Gasteiger partial charge in [0.25, 0.3) is 0 Å². The molecule has 0 saturated heterocycles. The summed E-state index contributed by atoms with van der Waals surface area (Å²) in [5.74, 6) is 0. The smallest absolute Gasteiger partial charge is 1.00 e. The summed E-state index contributed by atoms with van der Waals surface area (Å²) in [6.45, 7) is 0. The van der Waals surface area contributed by atoms with Crippen molar-refractivity contribution in [3.8, 4) is 0 Å². The number of hydrogen-bond acceptors (Lipinski definition) is 0. The van der Waals surface area contributed by atoms with Crippen LogP contribution >= 0.6 is 9.90 Å². The SMILES string of the molecule is P.[Cl-].[Cl-].[Cl-].[Rh+3]. The zero-order chi connectivity index (χ0) is 0. The van der Waals surface area contributed by atoms with Gasteiger partial charge in [-0.05, 0) is 0 Å². The van der Waals surface area contributed by atoms with Crippen molar-refractivity contribution in [2.45, 2.75) is 0 Å². The topological polar surface area (TPSA) is 0 Å². The van der Waals surface area contributed by atoms with Crippen molar-refractivity contribution in [2.75, 3.05) is 0 Å². The van der Waals surface area contributed by atoms with Gasteiger partial charge in [-0.3, -0.25) is 0 Å². The molecule has 0 N–H and O–H groups in total. The van der Waals surface area contributed by atoms with Crippen LogP contribution in [-0.2, 0) is 19.5 Å². The van der Waals surface area contributed by atoms with Gasteiger partial charge in [-0.1, -0.05) is 0 Å². The quantitative estimate of drug-likeness (QED) is 0.293. The second-order valence-electron chi connectivity index (χ2n) is 0. The van der Waals surface area contributed by atoms with E-state index in [4.69, 9.17) is 0 Å². The molecule has 38 valence electrons. The second-order valence-corrected chi connectivity index (χ2v) is 0. The van der Waals surface area contributed by atoms with Gasteiger partial charge in [-0.15, -0.1) is 0 Å². The molecule has 0 saturated carbocycles. The molecule has 0 spiro atoms. The van der Waals surface area contributed by atoms with Crippen molar-refractivity contribution in [1.29, 1.82) is 0 Å². The Balaban J connectivity index is 0. The third-order valence-electron chi connectivity index (χ3n) is 0. The molecule has 0 nitrogen and oxygen atoms in total. The Morgan fingerprint density at radius 1 is 0.600 bits per heavy atom. The van der Waals surface area contributed by atoms with Crippen LogP contribution in [0.3, 0.4) is 0 Å². The summed E-state index contributed by atoms with van der Waals surface area (Å²) in [7, 11) is 0. The molecule has 0 aliphatic rings. The number of hydrogen-bond donors (Lipinski definition) is 0. The van der Waals surface area contributed by atoms with E-state index in [-0.39, 0.29) is 66.6 Å². The minimum absolute atomic E-state index is 0. The Morgan fingerprint density at radius 2 is 0.600 bits per heavy atom. The average molecular weight is 243 g/mol. The molecule has 0 fully saturated rings. The van der Waals surface area contributed by atoms with Crippen LogP contribution in [0.5, 0.6) is 0 Å². The van der Waals surface area contributed by atoms with Gasteiger partial charge in [0, 0.05) is 0 Å². The largest absolute Gasteiger partial charge is 3.00 e. The first kappa shape index (κ1) is 65.7. The van der Waals surface area contributed by atoms with E-state index >= 15 is 0 Å². The maximum absolute atomic E-state index is 0. The molecule has 0 aromatic heterocycles. The fourth-order valence-corrected chi connectivity index (χ4v) is 0. The summed E-state index contributed by atoms with van der Waals surface area (Å²) in [4.78, 5) is 0. The summed E-state index contributed by atoms with van der Waals surface area (Å²) in [6.07, 6.45) is 0. The van der Waals surface area contributed by atoms with Crippen LogP contribution in [0.4, 0.5) is 0 Å². The van der Waals surface area contributed by atoms with Gasteiger partial charge in [-0.25, -0.2) is 0 Å².